The van der Waals surface area contributed by atoms with E-state index >= 15 is 0 Å². The van der Waals surface area contributed by atoms with Crippen molar-refractivity contribution in [3.05, 3.63) is 29.8 Å². The van der Waals surface area contributed by atoms with Gasteiger partial charge in [0.25, 0.3) is 0 Å². The number of nitrogens with one attached hydrogen (secondary N) is 1. The molecule has 1 aromatic rings. The summed E-state index contributed by atoms with van der Waals surface area (Å²) in [5, 5.41) is 3.05. The lowest BCUT2D eigenvalue weighted by atomic mass is 9.88. The van der Waals surface area contributed by atoms with E-state index in [9.17, 15) is 4.79 Å². The van der Waals surface area contributed by atoms with Crippen LogP contribution in [0.1, 0.15) is 39.2 Å². The Labute approximate surface area is 110 Å². The van der Waals surface area contributed by atoms with Crippen molar-refractivity contribution in [3.63, 3.8) is 0 Å². The minimum absolute atomic E-state index is 0.123. The van der Waals surface area contributed by atoms with Gasteiger partial charge in [-0.25, -0.2) is 0 Å². The van der Waals surface area contributed by atoms with Gasteiger partial charge in [-0.3, -0.25) is 4.79 Å². The third-order valence-corrected chi connectivity index (χ3v) is 3.04. The SMILES string of the molecule is CCCC(C)(C)C(=O)OCc1ccc(NC)cc1. The summed E-state index contributed by atoms with van der Waals surface area (Å²) in [6, 6.07) is 7.87. The number of carbonyl (C=O) groups is 1. The molecule has 3 heteroatoms. The molecule has 0 aromatic heterocycles. The van der Waals surface area contributed by atoms with Gasteiger partial charge in [-0.15, -0.1) is 0 Å². The number of benzene rings is 1. The van der Waals surface area contributed by atoms with E-state index < -0.39 is 0 Å². The summed E-state index contributed by atoms with van der Waals surface area (Å²) in [5.41, 5.74) is 1.67. The third kappa shape index (κ3) is 4.06. The van der Waals surface area contributed by atoms with E-state index in [-0.39, 0.29) is 11.4 Å². The van der Waals surface area contributed by atoms with Crippen molar-refractivity contribution >= 4 is 11.7 Å². The van der Waals surface area contributed by atoms with E-state index in [0.29, 0.717) is 6.61 Å². The molecule has 0 saturated carbocycles. The highest BCUT2D eigenvalue weighted by Crippen LogP contribution is 2.24. The molecule has 0 saturated heterocycles. The lowest BCUT2D eigenvalue weighted by Gasteiger charge is -2.21. The number of rotatable bonds is 6. The smallest absolute Gasteiger partial charge is 0.311 e. The fourth-order valence-electron chi connectivity index (χ4n) is 1.84. The van der Waals surface area contributed by atoms with Gasteiger partial charge in [-0.05, 0) is 38.0 Å². The summed E-state index contributed by atoms with van der Waals surface area (Å²) in [5.74, 6) is -0.123. The van der Waals surface area contributed by atoms with Gasteiger partial charge in [-0.2, -0.15) is 0 Å². The molecule has 0 fully saturated rings. The van der Waals surface area contributed by atoms with Crippen LogP contribution in [0.25, 0.3) is 0 Å². The molecule has 18 heavy (non-hydrogen) atoms. The monoisotopic (exact) mass is 249 g/mol. The van der Waals surface area contributed by atoms with E-state index in [2.05, 4.69) is 12.2 Å². The molecule has 0 bridgehead atoms. The minimum Gasteiger partial charge on any atom is -0.460 e. The Morgan fingerprint density at radius 2 is 1.89 bits per heavy atom. The lowest BCUT2D eigenvalue weighted by Crippen LogP contribution is -2.26. The zero-order chi connectivity index (χ0) is 13.6. The Kier molecular flexibility index (Phi) is 5.20. The first-order valence-electron chi connectivity index (χ1n) is 6.43. The van der Waals surface area contributed by atoms with E-state index in [1.54, 1.807) is 0 Å². The number of carbonyl (C=O) groups excluding carboxylic acids is 1. The Morgan fingerprint density at radius 1 is 1.28 bits per heavy atom. The second-order valence-electron chi connectivity index (χ2n) is 5.16. The Bertz CT molecular complexity index is 382. The summed E-state index contributed by atoms with van der Waals surface area (Å²) in [4.78, 5) is 11.9. The topological polar surface area (TPSA) is 38.3 Å². The van der Waals surface area contributed by atoms with Gasteiger partial charge >= 0.3 is 5.97 Å². The molecule has 0 amide bonds. The normalized spacial score (nSPS) is 11.1. The highest BCUT2D eigenvalue weighted by atomic mass is 16.5. The first kappa shape index (κ1) is 14.6. The van der Waals surface area contributed by atoms with E-state index in [1.165, 1.54) is 0 Å². The number of hydrogen-bond acceptors (Lipinski definition) is 3. The molecule has 0 aliphatic carbocycles. The van der Waals surface area contributed by atoms with Gasteiger partial charge < -0.3 is 10.1 Å². The molecule has 1 rings (SSSR count). The predicted octanol–water partition coefficient (Wildman–Crippen LogP) is 3.60. The second kappa shape index (κ2) is 6.43. The molecule has 1 aromatic carbocycles. The first-order valence-corrected chi connectivity index (χ1v) is 6.43. The molecular weight excluding hydrogens is 226 g/mol. The Morgan fingerprint density at radius 3 is 2.39 bits per heavy atom. The number of anilines is 1. The van der Waals surface area contributed by atoms with Gasteiger partial charge in [0.1, 0.15) is 6.61 Å². The highest BCUT2D eigenvalue weighted by molar-refractivity contribution is 5.75. The standard InChI is InChI=1S/C15H23NO2/c1-5-10-15(2,3)14(17)18-11-12-6-8-13(16-4)9-7-12/h6-9,16H,5,10-11H2,1-4H3. The molecular formula is C15H23NO2. The highest BCUT2D eigenvalue weighted by Gasteiger charge is 2.28. The number of esters is 1. The molecule has 0 unspecified atom stereocenters. The molecule has 0 aliphatic heterocycles. The van der Waals surface area contributed by atoms with E-state index in [4.69, 9.17) is 4.74 Å². The first-order chi connectivity index (χ1) is 8.49. The summed E-state index contributed by atoms with van der Waals surface area (Å²) < 4.78 is 5.36. The Balaban J connectivity index is 2.51. The van der Waals surface area contributed by atoms with Crippen LogP contribution in [0.5, 0.6) is 0 Å². The van der Waals surface area contributed by atoms with Crippen LogP contribution < -0.4 is 5.32 Å². The lowest BCUT2D eigenvalue weighted by molar-refractivity contribution is -0.155. The third-order valence-electron chi connectivity index (χ3n) is 3.04. The van der Waals surface area contributed by atoms with Gasteiger partial charge in [-0.1, -0.05) is 25.5 Å². The number of hydrogen-bond donors (Lipinski definition) is 1. The quantitative estimate of drug-likeness (QED) is 0.783. The molecule has 0 heterocycles. The van der Waals surface area contributed by atoms with Crippen molar-refractivity contribution < 1.29 is 9.53 Å². The second-order valence-corrected chi connectivity index (χ2v) is 5.16. The predicted molar refractivity (Wildman–Crippen MR) is 74.5 cm³/mol. The van der Waals surface area contributed by atoms with Crippen LogP contribution in [-0.4, -0.2) is 13.0 Å². The summed E-state index contributed by atoms with van der Waals surface area (Å²) in [6.07, 6.45) is 1.84. The average molecular weight is 249 g/mol. The van der Waals surface area contributed by atoms with Crippen molar-refractivity contribution in [2.24, 2.45) is 5.41 Å². The van der Waals surface area contributed by atoms with E-state index in [0.717, 1.165) is 24.1 Å². The molecule has 1 N–H and O–H groups in total. The molecule has 100 valence electrons. The van der Waals surface area contributed by atoms with Crippen molar-refractivity contribution in [3.8, 4) is 0 Å². The van der Waals surface area contributed by atoms with Crippen LogP contribution in [-0.2, 0) is 16.1 Å². The van der Waals surface area contributed by atoms with Crippen LogP contribution in [0.3, 0.4) is 0 Å². The zero-order valence-corrected chi connectivity index (χ0v) is 11.7. The van der Waals surface area contributed by atoms with Crippen molar-refractivity contribution in [1.29, 1.82) is 0 Å². The van der Waals surface area contributed by atoms with Crippen LogP contribution in [0.4, 0.5) is 5.69 Å². The van der Waals surface area contributed by atoms with E-state index in [1.807, 2.05) is 45.2 Å². The van der Waals surface area contributed by atoms with Gasteiger partial charge in [0.2, 0.25) is 0 Å². The van der Waals surface area contributed by atoms with Gasteiger partial charge in [0.05, 0.1) is 5.41 Å². The molecule has 3 nitrogen and oxygen atoms in total. The Hall–Kier alpha value is -1.51. The summed E-state index contributed by atoms with van der Waals surface area (Å²) in [7, 11) is 1.88. The minimum atomic E-state index is -0.389. The van der Waals surface area contributed by atoms with Crippen molar-refractivity contribution in [1.82, 2.24) is 0 Å². The largest absolute Gasteiger partial charge is 0.460 e. The van der Waals surface area contributed by atoms with Gasteiger partial charge in [0.15, 0.2) is 0 Å². The molecule has 0 spiro atoms. The maximum atomic E-state index is 11.9. The molecule has 0 aliphatic rings. The maximum absolute atomic E-state index is 11.9. The fourth-order valence-corrected chi connectivity index (χ4v) is 1.84. The van der Waals surface area contributed by atoms with Crippen LogP contribution in [0.2, 0.25) is 0 Å². The van der Waals surface area contributed by atoms with Crippen molar-refractivity contribution in [2.45, 2.75) is 40.2 Å². The molecule has 0 atom stereocenters. The van der Waals surface area contributed by atoms with Crippen LogP contribution >= 0.6 is 0 Å². The average Bonchev–Trinajstić information content (AvgIpc) is 2.36. The fraction of sp³-hybridized carbons (Fsp3) is 0.533. The summed E-state index contributed by atoms with van der Waals surface area (Å²) >= 11 is 0. The molecule has 0 radical (unpaired) electrons. The van der Waals surface area contributed by atoms with Crippen LogP contribution in [0, 0.1) is 5.41 Å². The summed E-state index contributed by atoms with van der Waals surface area (Å²) in [6.45, 7) is 6.29. The van der Waals surface area contributed by atoms with Crippen LogP contribution in [0.15, 0.2) is 24.3 Å². The maximum Gasteiger partial charge on any atom is 0.311 e. The van der Waals surface area contributed by atoms with Crippen molar-refractivity contribution in [2.75, 3.05) is 12.4 Å². The number of ether oxygens (including phenoxy) is 1. The van der Waals surface area contributed by atoms with Gasteiger partial charge in [0, 0.05) is 12.7 Å². The zero-order valence-electron chi connectivity index (χ0n) is 11.7.